The average Bonchev–Trinajstić information content (AvgIpc) is 2.61. The van der Waals surface area contributed by atoms with Crippen molar-refractivity contribution in [2.24, 2.45) is 11.7 Å². The van der Waals surface area contributed by atoms with Crippen LogP contribution in [0.1, 0.15) is 11.6 Å². The summed E-state index contributed by atoms with van der Waals surface area (Å²) in [4.78, 5) is 14.8. The minimum atomic E-state index is -0.335. The van der Waals surface area contributed by atoms with Crippen molar-refractivity contribution in [3.63, 3.8) is 0 Å². The van der Waals surface area contributed by atoms with Crippen LogP contribution in [0.15, 0.2) is 24.5 Å². The maximum Gasteiger partial charge on any atom is 0.127 e. The van der Waals surface area contributed by atoms with Gasteiger partial charge in [0.05, 0.1) is 18.1 Å². The molecule has 0 amide bonds. The minimum absolute atomic E-state index is 0.0869. The topological polar surface area (TPSA) is 80.0 Å². The average molecular weight is 192 g/mol. The van der Waals surface area contributed by atoms with E-state index >= 15 is 0 Å². The molecule has 0 bridgehead atoms. The van der Waals surface area contributed by atoms with Gasteiger partial charge in [0.2, 0.25) is 0 Å². The largest absolute Gasteiger partial charge is 0.314 e. The van der Waals surface area contributed by atoms with E-state index in [1.807, 2.05) is 12.1 Å². The highest BCUT2D eigenvalue weighted by molar-refractivity contribution is 5.57. The van der Waals surface area contributed by atoms with E-state index in [0.717, 1.165) is 11.8 Å². The van der Waals surface area contributed by atoms with E-state index in [1.165, 1.54) is 0 Å². The summed E-state index contributed by atoms with van der Waals surface area (Å²) in [6.45, 7) is 0. The van der Waals surface area contributed by atoms with Gasteiger partial charge in [-0.15, -0.1) is 0 Å². The highest BCUT2D eigenvalue weighted by atomic mass is 16.1. The number of pyridine rings is 1. The molecule has 14 heavy (non-hydrogen) atoms. The van der Waals surface area contributed by atoms with Crippen LogP contribution >= 0.6 is 0 Å². The molecule has 74 valence electrons. The zero-order valence-corrected chi connectivity index (χ0v) is 7.55. The Balaban J connectivity index is 2.23. The van der Waals surface area contributed by atoms with Gasteiger partial charge in [0.1, 0.15) is 6.29 Å². The van der Waals surface area contributed by atoms with Gasteiger partial charge in [-0.25, -0.2) is 10.9 Å². The van der Waals surface area contributed by atoms with Crippen LogP contribution in [-0.4, -0.2) is 17.4 Å². The Morgan fingerprint density at radius 1 is 1.50 bits per heavy atom. The van der Waals surface area contributed by atoms with Crippen molar-refractivity contribution >= 4 is 6.29 Å². The summed E-state index contributed by atoms with van der Waals surface area (Å²) < 4.78 is 0. The Bertz CT molecular complexity index is 316. The van der Waals surface area contributed by atoms with E-state index in [0.29, 0.717) is 0 Å². The molecule has 1 fully saturated rings. The van der Waals surface area contributed by atoms with Crippen LogP contribution in [0, 0.1) is 5.92 Å². The maximum atomic E-state index is 10.8. The number of rotatable bonds is 2. The molecule has 0 radical (unpaired) electrons. The van der Waals surface area contributed by atoms with Crippen molar-refractivity contribution in [1.82, 2.24) is 15.8 Å². The quantitative estimate of drug-likeness (QED) is 0.541. The number of hydrogen-bond acceptors (Lipinski definition) is 5. The van der Waals surface area contributed by atoms with Crippen LogP contribution < -0.4 is 16.6 Å². The first-order chi connectivity index (χ1) is 6.83. The van der Waals surface area contributed by atoms with E-state index in [2.05, 4.69) is 15.8 Å². The molecule has 0 spiro atoms. The predicted molar refractivity (Wildman–Crippen MR) is 50.8 cm³/mol. The van der Waals surface area contributed by atoms with Gasteiger partial charge < -0.3 is 10.5 Å². The second-order valence-corrected chi connectivity index (χ2v) is 3.29. The standard InChI is InChI=1S/C9H12N4O/c10-9-7(5-14)8(12-13-9)6-2-1-3-11-4-6/h1-5,7-9,12-13H,10H2. The van der Waals surface area contributed by atoms with E-state index in [9.17, 15) is 4.79 Å². The molecular formula is C9H12N4O. The van der Waals surface area contributed by atoms with Crippen LogP contribution in [0.4, 0.5) is 0 Å². The zero-order valence-electron chi connectivity index (χ0n) is 7.55. The Hall–Kier alpha value is -1.30. The lowest BCUT2D eigenvalue weighted by Crippen LogP contribution is -2.39. The third kappa shape index (κ3) is 1.52. The molecule has 0 aromatic carbocycles. The van der Waals surface area contributed by atoms with E-state index in [4.69, 9.17) is 5.73 Å². The molecule has 5 nitrogen and oxygen atoms in total. The molecule has 1 aromatic rings. The number of nitrogens with two attached hydrogens (primary N) is 1. The first-order valence-electron chi connectivity index (χ1n) is 4.45. The van der Waals surface area contributed by atoms with Crippen molar-refractivity contribution in [3.05, 3.63) is 30.1 Å². The lowest BCUT2D eigenvalue weighted by atomic mass is 9.95. The van der Waals surface area contributed by atoms with Gasteiger partial charge in [-0.3, -0.25) is 4.98 Å². The normalized spacial score (nSPS) is 31.6. The molecule has 5 heteroatoms. The molecule has 1 aliphatic heterocycles. The van der Waals surface area contributed by atoms with Crippen molar-refractivity contribution in [3.8, 4) is 0 Å². The SMILES string of the molecule is NC1NNC(c2cccnc2)C1C=O. The second kappa shape index (κ2) is 3.83. The van der Waals surface area contributed by atoms with Crippen molar-refractivity contribution in [1.29, 1.82) is 0 Å². The van der Waals surface area contributed by atoms with E-state index < -0.39 is 0 Å². The Morgan fingerprint density at radius 2 is 2.36 bits per heavy atom. The summed E-state index contributed by atoms with van der Waals surface area (Å²) >= 11 is 0. The number of aldehydes is 1. The number of aromatic nitrogens is 1. The van der Waals surface area contributed by atoms with Gasteiger partial charge >= 0.3 is 0 Å². The van der Waals surface area contributed by atoms with Gasteiger partial charge in [0.15, 0.2) is 0 Å². The second-order valence-electron chi connectivity index (χ2n) is 3.29. The lowest BCUT2D eigenvalue weighted by molar-refractivity contribution is -0.111. The summed E-state index contributed by atoms with van der Waals surface area (Å²) in [5.41, 5.74) is 12.5. The van der Waals surface area contributed by atoms with Crippen LogP contribution in [0.25, 0.3) is 0 Å². The van der Waals surface area contributed by atoms with Crippen molar-refractivity contribution in [2.75, 3.05) is 0 Å². The Kier molecular flexibility index (Phi) is 2.53. The Morgan fingerprint density at radius 3 is 3.00 bits per heavy atom. The first-order valence-corrected chi connectivity index (χ1v) is 4.45. The third-order valence-corrected chi connectivity index (χ3v) is 2.41. The minimum Gasteiger partial charge on any atom is -0.314 e. The maximum absolute atomic E-state index is 10.8. The number of hydrazine groups is 1. The van der Waals surface area contributed by atoms with Crippen LogP contribution in [0.2, 0.25) is 0 Å². The van der Waals surface area contributed by atoms with Gasteiger partial charge in [-0.2, -0.15) is 0 Å². The molecule has 3 unspecified atom stereocenters. The number of carbonyl (C=O) groups is 1. The van der Waals surface area contributed by atoms with Crippen molar-refractivity contribution in [2.45, 2.75) is 12.2 Å². The lowest BCUT2D eigenvalue weighted by Gasteiger charge is -2.14. The predicted octanol–water partition coefficient (Wildman–Crippen LogP) is -0.670. The van der Waals surface area contributed by atoms with E-state index in [1.54, 1.807) is 12.4 Å². The van der Waals surface area contributed by atoms with Crippen molar-refractivity contribution < 1.29 is 4.79 Å². The summed E-state index contributed by atoms with van der Waals surface area (Å²) in [6.07, 6.45) is 3.96. The molecule has 2 rings (SSSR count). The molecule has 0 aliphatic carbocycles. The summed E-state index contributed by atoms with van der Waals surface area (Å²) in [5.74, 6) is -0.251. The summed E-state index contributed by atoms with van der Waals surface area (Å²) in [7, 11) is 0. The van der Waals surface area contributed by atoms with Gasteiger partial charge in [-0.1, -0.05) is 6.07 Å². The molecule has 1 aromatic heterocycles. The highest BCUT2D eigenvalue weighted by Gasteiger charge is 2.34. The molecule has 4 N–H and O–H groups in total. The van der Waals surface area contributed by atoms with Crippen LogP contribution in [0.5, 0.6) is 0 Å². The van der Waals surface area contributed by atoms with Gasteiger partial charge in [0, 0.05) is 12.4 Å². The smallest absolute Gasteiger partial charge is 0.127 e. The Labute approximate surface area is 81.7 Å². The number of carbonyl (C=O) groups excluding carboxylic acids is 1. The molecule has 3 atom stereocenters. The van der Waals surface area contributed by atoms with Gasteiger partial charge in [0.25, 0.3) is 0 Å². The molecular weight excluding hydrogens is 180 g/mol. The molecule has 1 saturated heterocycles. The molecule has 1 aliphatic rings. The fraction of sp³-hybridized carbons (Fsp3) is 0.333. The zero-order chi connectivity index (χ0) is 9.97. The summed E-state index contributed by atoms with van der Waals surface area (Å²) in [5, 5.41) is 0. The number of nitrogens with zero attached hydrogens (tertiary/aromatic N) is 1. The monoisotopic (exact) mass is 192 g/mol. The molecule has 2 heterocycles. The van der Waals surface area contributed by atoms with E-state index in [-0.39, 0.29) is 18.1 Å². The van der Waals surface area contributed by atoms with Crippen LogP contribution in [0.3, 0.4) is 0 Å². The summed E-state index contributed by atoms with van der Waals surface area (Å²) in [6, 6.07) is 3.67. The first kappa shape index (κ1) is 9.26. The van der Waals surface area contributed by atoms with Gasteiger partial charge in [-0.05, 0) is 11.6 Å². The number of hydrogen-bond donors (Lipinski definition) is 3. The highest BCUT2D eigenvalue weighted by Crippen LogP contribution is 2.24. The fourth-order valence-corrected chi connectivity index (χ4v) is 1.61. The van der Waals surface area contributed by atoms with Crippen LogP contribution in [-0.2, 0) is 4.79 Å². The fourth-order valence-electron chi connectivity index (χ4n) is 1.61. The third-order valence-electron chi connectivity index (χ3n) is 2.41. The number of nitrogens with one attached hydrogen (secondary N) is 2. The molecule has 0 saturated carbocycles.